The van der Waals surface area contributed by atoms with Gasteiger partial charge in [-0.3, -0.25) is 0 Å². The molecule has 1 aromatic rings. The molecule has 2 rings (SSSR count). The molecule has 0 radical (unpaired) electrons. The second kappa shape index (κ2) is 6.75. The highest BCUT2D eigenvalue weighted by molar-refractivity contribution is 5.88. The third-order valence-corrected chi connectivity index (χ3v) is 3.94. The Morgan fingerprint density at radius 2 is 2.16 bits per heavy atom. The second-order valence-corrected chi connectivity index (χ2v) is 5.55. The first-order valence-corrected chi connectivity index (χ1v) is 7.05. The number of carbonyl (C=O) groups is 1. The van der Waals surface area contributed by atoms with Gasteiger partial charge in [-0.2, -0.15) is 0 Å². The minimum absolute atomic E-state index is 0.351. The lowest BCUT2D eigenvalue weighted by molar-refractivity contribution is 0.0600. The number of furan rings is 1. The quantitative estimate of drug-likeness (QED) is 0.832. The average Bonchev–Trinajstić information content (AvgIpc) is 2.89. The summed E-state index contributed by atoms with van der Waals surface area (Å²) in [4.78, 5) is 11.3. The molecular weight excluding hydrogens is 242 g/mol. The summed E-state index contributed by atoms with van der Waals surface area (Å²) in [6.07, 6.45) is 6.78. The van der Waals surface area contributed by atoms with Gasteiger partial charge in [-0.05, 0) is 37.3 Å². The van der Waals surface area contributed by atoms with E-state index in [-0.39, 0.29) is 5.97 Å². The first-order valence-electron chi connectivity index (χ1n) is 7.05. The lowest BCUT2D eigenvalue weighted by atomic mass is 9.83. The summed E-state index contributed by atoms with van der Waals surface area (Å²) in [5.74, 6) is 2.11. The molecule has 0 aromatic carbocycles. The highest BCUT2D eigenvalue weighted by Crippen LogP contribution is 2.27. The van der Waals surface area contributed by atoms with Crippen molar-refractivity contribution in [1.29, 1.82) is 0 Å². The van der Waals surface area contributed by atoms with E-state index in [1.165, 1.54) is 39.1 Å². The monoisotopic (exact) mass is 265 g/mol. The molecule has 0 saturated heterocycles. The fourth-order valence-electron chi connectivity index (χ4n) is 2.63. The van der Waals surface area contributed by atoms with Crippen LogP contribution in [0.2, 0.25) is 0 Å². The third-order valence-electron chi connectivity index (χ3n) is 3.94. The molecule has 1 saturated carbocycles. The van der Waals surface area contributed by atoms with E-state index in [4.69, 9.17) is 4.42 Å². The van der Waals surface area contributed by atoms with Gasteiger partial charge in [0.2, 0.25) is 0 Å². The molecule has 0 atom stereocenters. The Morgan fingerprint density at radius 3 is 2.84 bits per heavy atom. The number of nitrogens with one attached hydrogen (secondary N) is 1. The van der Waals surface area contributed by atoms with Crippen LogP contribution in [0.1, 0.15) is 48.7 Å². The zero-order valence-electron chi connectivity index (χ0n) is 11.8. The normalized spacial score (nSPS) is 23.3. The Balaban J connectivity index is 1.71. The predicted octanol–water partition coefficient (Wildman–Crippen LogP) is 2.98. The topological polar surface area (TPSA) is 51.5 Å². The molecule has 1 fully saturated rings. The van der Waals surface area contributed by atoms with Crippen molar-refractivity contribution in [2.45, 2.75) is 39.2 Å². The third kappa shape index (κ3) is 4.10. The van der Waals surface area contributed by atoms with Crippen LogP contribution < -0.4 is 5.32 Å². The van der Waals surface area contributed by atoms with Crippen LogP contribution >= 0.6 is 0 Å². The highest BCUT2D eigenvalue weighted by atomic mass is 16.5. The molecule has 4 nitrogen and oxygen atoms in total. The molecule has 106 valence electrons. The number of esters is 1. The van der Waals surface area contributed by atoms with Gasteiger partial charge in [0.25, 0.3) is 0 Å². The van der Waals surface area contributed by atoms with Crippen LogP contribution in [0.15, 0.2) is 16.7 Å². The molecule has 1 aromatic heterocycles. The van der Waals surface area contributed by atoms with E-state index >= 15 is 0 Å². The van der Waals surface area contributed by atoms with Gasteiger partial charge in [-0.15, -0.1) is 0 Å². The zero-order valence-corrected chi connectivity index (χ0v) is 11.8. The van der Waals surface area contributed by atoms with E-state index < -0.39 is 0 Å². The molecular formula is C15H23NO3. The maximum Gasteiger partial charge on any atom is 0.341 e. The zero-order chi connectivity index (χ0) is 13.7. The van der Waals surface area contributed by atoms with Crippen LogP contribution in [0.4, 0.5) is 0 Å². The first-order chi connectivity index (χ1) is 9.19. The summed E-state index contributed by atoms with van der Waals surface area (Å²) in [7, 11) is 1.37. The van der Waals surface area contributed by atoms with Crippen LogP contribution in [-0.2, 0) is 11.3 Å². The van der Waals surface area contributed by atoms with Gasteiger partial charge in [0.05, 0.1) is 19.2 Å². The van der Waals surface area contributed by atoms with Crippen LogP contribution in [0.25, 0.3) is 0 Å². The summed E-state index contributed by atoms with van der Waals surface area (Å²) in [6, 6.07) is 1.74. The van der Waals surface area contributed by atoms with E-state index in [0.29, 0.717) is 12.1 Å². The number of rotatable bonds is 5. The summed E-state index contributed by atoms with van der Waals surface area (Å²) >= 11 is 0. The van der Waals surface area contributed by atoms with Crippen LogP contribution in [0.5, 0.6) is 0 Å². The Bertz CT molecular complexity index is 405. The number of hydrogen-bond acceptors (Lipinski definition) is 4. The van der Waals surface area contributed by atoms with Crippen molar-refractivity contribution < 1.29 is 13.9 Å². The second-order valence-electron chi connectivity index (χ2n) is 5.55. The van der Waals surface area contributed by atoms with Gasteiger partial charge in [0.15, 0.2) is 0 Å². The molecule has 0 bridgehead atoms. The van der Waals surface area contributed by atoms with E-state index in [9.17, 15) is 4.79 Å². The lowest BCUT2D eigenvalue weighted by Crippen LogP contribution is -2.25. The van der Waals surface area contributed by atoms with Gasteiger partial charge in [0, 0.05) is 0 Å². The van der Waals surface area contributed by atoms with Crippen molar-refractivity contribution in [3.63, 3.8) is 0 Å². The van der Waals surface area contributed by atoms with Crippen molar-refractivity contribution in [3.8, 4) is 0 Å². The van der Waals surface area contributed by atoms with Crippen molar-refractivity contribution >= 4 is 5.97 Å². The maximum atomic E-state index is 11.3. The molecule has 4 heteroatoms. The maximum absolute atomic E-state index is 11.3. The summed E-state index contributed by atoms with van der Waals surface area (Å²) < 4.78 is 9.97. The van der Waals surface area contributed by atoms with E-state index in [1.54, 1.807) is 6.07 Å². The van der Waals surface area contributed by atoms with E-state index in [1.807, 2.05) is 0 Å². The van der Waals surface area contributed by atoms with Crippen molar-refractivity contribution in [2.24, 2.45) is 11.8 Å². The van der Waals surface area contributed by atoms with E-state index in [0.717, 1.165) is 24.1 Å². The summed E-state index contributed by atoms with van der Waals surface area (Å²) in [5.41, 5.74) is 0.478. The molecule has 1 N–H and O–H groups in total. The standard InChI is InChI=1S/C15H23NO3/c1-11-3-5-12(6-4-11)8-16-9-14-7-13(10-19-14)15(17)18-2/h7,10-12,16H,3-6,8-9H2,1-2H3. The number of hydrogen-bond donors (Lipinski definition) is 1. The van der Waals surface area contributed by atoms with Crippen molar-refractivity contribution in [1.82, 2.24) is 5.32 Å². The van der Waals surface area contributed by atoms with Gasteiger partial charge < -0.3 is 14.5 Å². The lowest BCUT2D eigenvalue weighted by Gasteiger charge is -2.26. The van der Waals surface area contributed by atoms with Crippen molar-refractivity contribution in [2.75, 3.05) is 13.7 Å². The molecule has 1 aliphatic rings. The molecule has 0 spiro atoms. The average molecular weight is 265 g/mol. The van der Waals surface area contributed by atoms with Gasteiger partial charge >= 0.3 is 5.97 Å². The number of ether oxygens (including phenoxy) is 1. The van der Waals surface area contributed by atoms with Crippen LogP contribution in [0, 0.1) is 11.8 Å². The minimum Gasteiger partial charge on any atom is -0.467 e. The van der Waals surface area contributed by atoms with Crippen molar-refractivity contribution in [3.05, 3.63) is 23.7 Å². The highest BCUT2D eigenvalue weighted by Gasteiger charge is 2.18. The Labute approximate surface area is 114 Å². The Hall–Kier alpha value is -1.29. The molecule has 0 amide bonds. The first kappa shape index (κ1) is 14.1. The number of methoxy groups -OCH3 is 1. The largest absolute Gasteiger partial charge is 0.467 e. The van der Waals surface area contributed by atoms with Crippen LogP contribution in [-0.4, -0.2) is 19.6 Å². The molecule has 0 aliphatic heterocycles. The Morgan fingerprint density at radius 1 is 1.42 bits per heavy atom. The van der Waals surface area contributed by atoms with Gasteiger partial charge in [0.1, 0.15) is 12.0 Å². The molecule has 1 aliphatic carbocycles. The molecule has 0 unspecified atom stereocenters. The molecule has 1 heterocycles. The number of carbonyl (C=O) groups excluding carboxylic acids is 1. The summed E-state index contributed by atoms with van der Waals surface area (Å²) in [6.45, 7) is 4.03. The molecule has 19 heavy (non-hydrogen) atoms. The Kier molecular flexibility index (Phi) is 5.02. The fraction of sp³-hybridized carbons (Fsp3) is 0.667. The predicted molar refractivity (Wildman–Crippen MR) is 72.9 cm³/mol. The van der Waals surface area contributed by atoms with Gasteiger partial charge in [-0.1, -0.05) is 19.8 Å². The van der Waals surface area contributed by atoms with E-state index in [2.05, 4.69) is 17.0 Å². The smallest absolute Gasteiger partial charge is 0.341 e. The summed E-state index contributed by atoms with van der Waals surface area (Å²) in [5, 5.41) is 3.41. The SMILES string of the molecule is COC(=O)c1coc(CNCC2CCC(C)CC2)c1. The van der Waals surface area contributed by atoms with Crippen LogP contribution in [0.3, 0.4) is 0 Å². The minimum atomic E-state index is -0.351. The van der Waals surface area contributed by atoms with Gasteiger partial charge in [-0.25, -0.2) is 4.79 Å². The fourth-order valence-corrected chi connectivity index (χ4v) is 2.63.